The fraction of sp³-hybridized carbons (Fsp3) is 0.932. The van der Waals surface area contributed by atoms with Gasteiger partial charge in [-0.25, -0.2) is 4.57 Å². The van der Waals surface area contributed by atoms with E-state index in [9.17, 15) is 38.6 Å². The lowest BCUT2D eigenvalue weighted by Gasteiger charge is -2.24. The molecule has 0 aliphatic rings. The number of hydrogen-bond donors (Lipinski definition) is 5. The zero-order valence-electron chi connectivity index (χ0n) is 60.0. The first-order chi connectivity index (χ1) is 44.7. The second kappa shape index (κ2) is 67.7. The first kappa shape index (κ1) is 90.1. The number of carbonyl (C=O) groups excluding carboxylic acids is 4. The molecule has 0 aliphatic heterocycles. The second-order valence-electron chi connectivity index (χ2n) is 26.8. The van der Waals surface area contributed by atoms with E-state index < -0.39 is 59.4 Å². The molecule has 0 fully saturated rings. The molecule has 18 heteroatoms. The Morgan fingerprint density at radius 2 is 0.522 bits per heavy atom. The number of esters is 2. The standard InChI is InChI=1S/C74H146N2O14P2/c1-6-10-14-18-22-26-30-34-38-42-46-50-54-58-71(78)75-68(62-85-73(80)60-56-52-48-44-40-36-32-28-24-20-16-12-8-3)64-87-91(5,82)88-66-70(77)67-90-92(83,84)89-65-69(76-72(79)59-55-51-47-43-39-35-31-27-23-19-15-11-7-2)63-86-74(81)61-57-53-49-45-41-37-33-29-25-21-17-13-9-4/h68-70,77,82H,5-67H2,1-4H3,(H,75,78)(H,76,79)(H,83,84). The summed E-state index contributed by atoms with van der Waals surface area (Å²) in [5.41, 5.74) is 0. The van der Waals surface area contributed by atoms with Crippen molar-refractivity contribution in [3.8, 4) is 0 Å². The summed E-state index contributed by atoms with van der Waals surface area (Å²) in [6.45, 7) is 6.34. The molecule has 0 saturated heterocycles. The maximum absolute atomic E-state index is 13.2. The number of nitrogens with one attached hydrogen (secondary N) is 2. The van der Waals surface area contributed by atoms with Gasteiger partial charge in [0.1, 0.15) is 19.3 Å². The van der Waals surface area contributed by atoms with Crippen LogP contribution in [0.5, 0.6) is 0 Å². The largest absolute Gasteiger partial charge is 0.472 e. The summed E-state index contributed by atoms with van der Waals surface area (Å²) in [5.74, 6) is -1.33. The Bertz CT molecular complexity index is 1640. The predicted molar refractivity (Wildman–Crippen MR) is 383 cm³/mol. The number of aliphatic hydroxyl groups is 1. The summed E-state index contributed by atoms with van der Waals surface area (Å²) >= 11 is 0. The van der Waals surface area contributed by atoms with E-state index in [0.717, 1.165) is 77.0 Å². The highest BCUT2D eigenvalue weighted by Gasteiger charge is 2.28. The lowest BCUT2D eigenvalue weighted by molar-refractivity contribution is -0.146. The van der Waals surface area contributed by atoms with Crippen LogP contribution in [0.15, 0.2) is 0 Å². The predicted octanol–water partition coefficient (Wildman–Crippen LogP) is 20.7. The maximum atomic E-state index is 13.2. The summed E-state index contributed by atoms with van der Waals surface area (Å²) in [6.07, 6.45) is 64.8. The third kappa shape index (κ3) is 66.7. The van der Waals surface area contributed by atoms with Crippen molar-refractivity contribution in [2.24, 2.45) is 0 Å². The van der Waals surface area contributed by atoms with Crippen molar-refractivity contribution in [3.05, 3.63) is 0 Å². The van der Waals surface area contributed by atoms with E-state index in [1.165, 1.54) is 231 Å². The van der Waals surface area contributed by atoms with Crippen LogP contribution in [-0.4, -0.2) is 103 Å². The third-order valence-corrected chi connectivity index (χ3v) is 19.5. The molecular formula is C74H146N2O14P2. The topological polar surface area (TPSA) is 225 Å². The average Bonchev–Trinajstić information content (AvgIpc) is 3.51. The number of aliphatic hydroxyl groups excluding tert-OH is 1. The molecule has 5 unspecified atom stereocenters. The lowest BCUT2D eigenvalue weighted by atomic mass is 10.0. The molecule has 2 amide bonds. The number of hydrogen-bond acceptors (Lipinski definition) is 13. The average molecular weight is 1350 g/mol. The van der Waals surface area contributed by atoms with Crippen molar-refractivity contribution in [3.63, 3.8) is 0 Å². The first-order valence-corrected chi connectivity index (χ1v) is 41.9. The first-order valence-electron chi connectivity index (χ1n) is 38.6. The number of ether oxygens (including phenoxy) is 2. The van der Waals surface area contributed by atoms with Crippen LogP contribution in [-0.2, 0) is 51.3 Å². The normalized spacial score (nSPS) is 13.9. The molecule has 0 radical (unpaired) electrons. The number of phosphoric ester groups is 1. The minimum Gasteiger partial charge on any atom is -0.463 e. The van der Waals surface area contributed by atoms with E-state index in [0.29, 0.717) is 25.7 Å². The Hall–Kier alpha value is -1.87. The van der Waals surface area contributed by atoms with Crippen molar-refractivity contribution in [2.75, 3.05) is 39.6 Å². The van der Waals surface area contributed by atoms with E-state index in [4.69, 9.17) is 27.6 Å². The van der Waals surface area contributed by atoms with Crippen LogP contribution in [0.3, 0.4) is 0 Å². The van der Waals surface area contributed by atoms with Crippen LogP contribution in [0.1, 0.15) is 387 Å². The van der Waals surface area contributed by atoms with Crippen LogP contribution < -0.4 is 10.6 Å². The lowest BCUT2D eigenvalue weighted by Crippen LogP contribution is -2.42. The van der Waals surface area contributed by atoms with Gasteiger partial charge in [-0.2, -0.15) is 0 Å². The maximum Gasteiger partial charge on any atom is 0.472 e. The Morgan fingerprint density at radius 1 is 0.315 bits per heavy atom. The van der Waals surface area contributed by atoms with Gasteiger partial charge in [-0.05, 0) is 32.0 Å². The van der Waals surface area contributed by atoms with Gasteiger partial charge in [-0.15, -0.1) is 0 Å². The van der Waals surface area contributed by atoms with E-state index in [2.05, 4.69) is 44.6 Å². The fourth-order valence-corrected chi connectivity index (χ4v) is 13.2. The van der Waals surface area contributed by atoms with Crippen molar-refractivity contribution < 1.29 is 66.2 Å². The summed E-state index contributed by atoms with van der Waals surface area (Å²) in [7, 11) is -8.74. The minimum atomic E-state index is -4.84. The molecule has 0 saturated carbocycles. The van der Waals surface area contributed by atoms with Gasteiger partial charge >= 0.3 is 19.8 Å². The molecule has 0 aromatic heterocycles. The van der Waals surface area contributed by atoms with Crippen LogP contribution in [0, 0.1) is 0 Å². The van der Waals surface area contributed by atoms with Crippen molar-refractivity contribution in [1.82, 2.24) is 10.6 Å². The minimum absolute atomic E-state index is 0.185. The number of carbonyl (C=O) groups is 4. The quantitative estimate of drug-likeness (QED) is 0.0217. The molecule has 0 aliphatic carbocycles. The van der Waals surface area contributed by atoms with E-state index in [-0.39, 0.29) is 63.3 Å². The Balaban J connectivity index is 5.25. The molecule has 0 rings (SSSR count). The summed E-state index contributed by atoms with van der Waals surface area (Å²) in [5, 5.41) is 16.4. The Morgan fingerprint density at radius 3 is 0.793 bits per heavy atom. The SMILES string of the molecule is C=P(O)(OCC(O)COP(=O)(O)OCC(COC(=O)CCCCCCCCCCCCCCC)NC(=O)CCCCCCCCCCCCCCC)OCC(COC(=O)CCCCCCCCCCCCCCC)NC(=O)CCCCCCCCCCCCCCC. The van der Waals surface area contributed by atoms with Crippen LogP contribution in [0.2, 0.25) is 0 Å². The van der Waals surface area contributed by atoms with Crippen LogP contribution in [0.4, 0.5) is 0 Å². The zero-order chi connectivity index (χ0) is 67.5. The molecule has 16 nitrogen and oxygen atoms in total. The van der Waals surface area contributed by atoms with E-state index >= 15 is 0 Å². The number of rotatable bonds is 74. The van der Waals surface area contributed by atoms with Crippen LogP contribution >= 0.6 is 15.4 Å². The summed E-state index contributed by atoms with van der Waals surface area (Å²) in [4.78, 5) is 73.7. The van der Waals surface area contributed by atoms with E-state index in [1.807, 2.05) is 0 Å². The summed E-state index contributed by atoms with van der Waals surface area (Å²) in [6, 6.07) is -1.76. The molecule has 0 aromatic rings. The highest BCUT2D eigenvalue weighted by atomic mass is 31.2. The molecule has 0 bridgehead atoms. The van der Waals surface area contributed by atoms with Crippen LogP contribution in [0.25, 0.3) is 0 Å². The van der Waals surface area contributed by atoms with E-state index in [1.54, 1.807) is 0 Å². The number of amides is 2. The van der Waals surface area contributed by atoms with Gasteiger partial charge in [-0.1, -0.05) is 336 Å². The molecule has 5 N–H and O–H groups in total. The number of unbranched alkanes of at least 4 members (excludes halogenated alkanes) is 48. The molecule has 0 spiro atoms. The second-order valence-corrected chi connectivity index (χ2v) is 30.1. The highest BCUT2D eigenvalue weighted by Crippen LogP contribution is 2.45. The zero-order valence-corrected chi connectivity index (χ0v) is 61.8. The molecule has 546 valence electrons. The van der Waals surface area contributed by atoms with Crippen molar-refractivity contribution in [2.45, 2.75) is 405 Å². The Labute approximate surface area is 564 Å². The van der Waals surface area contributed by atoms with Gasteiger partial charge in [0.05, 0.1) is 38.5 Å². The van der Waals surface area contributed by atoms with Gasteiger partial charge in [0.15, 0.2) is 0 Å². The molecular weight excluding hydrogens is 1200 g/mol. The number of phosphoric acid groups is 1. The van der Waals surface area contributed by atoms with Gasteiger partial charge in [0, 0.05) is 25.7 Å². The van der Waals surface area contributed by atoms with Crippen molar-refractivity contribution in [1.29, 1.82) is 0 Å². The molecule has 92 heavy (non-hydrogen) atoms. The fourth-order valence-electron chi connectivity index (χ4n) is 11.5. The van der Waals surface area contributed by atoms with Crippen molar-refractivity contribution >= 4 is 45.4 Å². The monoisotopic (exact) mass is 1350 g/mol. The smallest absolute Gasteiger partial charge is 0.463 e. The molecule has 0 heterocycles. The summed E-state index contributed by atoms with van der Waals surface area (Å²) < 4.78 is 45.8. The van der Waals surface area contributed by atoms with Gasteiger partial charge in [0.25, 0.3) is 0 Å². The highest BCUT2D eigenvalue weighted by molar-refractivity contribution is 7.58. The third-order valence-electron chi connectivity index (χ3n) is 17.4. The van der Waals surface area contributed by atoms with Gasteiger partial charge in [0.2, 0.25) is 19.4 Å². The molecule has 0 aromatic carbocycles. The molecule has 5 atom stereocenters. The Kier molecular flexibility index (Phi) is 66.3. The van der Waals surface area contributed by atoms with Gasteiger partial charge < -0.3 is 44.0 Å². The van der Waals surface area contributed by atoms with Gasteiger partial charge in [-0.3, -0.25) is 28.2 Å².